The number of halogens is 1. The second kappa shape index (κ2) is 5.36. The summed E-state index contributed by atoms with van der Waals surface area (Å²) in [4.78, 5) is 0.192. The van der Waals surface area contributed by atoms with Crippen LogP contribution in [0.1, 0.15) is 16.7 Å². The molecule has 0 saturated carbocycles. The molecule has 0 saturated heterocycles. The summed E-state index contributed by atoms with van der Waals surface area (Å²) in [5.74, 6) is -0.371. The Balaban J connectivity index is 2.30. The van der Waals surface area contributed by atoms with Crippen molar-refractivity contribution < 1.29 is 4.39 Å². The van der Waals surface area contributed by atoms with Gasteiger partial charge in [-0.3, -0.25) is 0 Å². The summed E-state index contributed by atoms with van der Waals surface area (Å²) in [7, 11) is 0. The maximum atomic E-state index is 13.9. The molecule has 0 aliphatic carbocycles. The number of benzene rings is 2. The third-order valence-electron chi connectivity index (χ3n) is 2.75. The lowest BCUT2D eigenvalue weighted by atomic mass is 10.1. The minimum absolute atomic E-state index is 0.192. The van der Waals surface area contributed by atoms with E-state index in [1.807, 2.05) is 26.0 Å². The summed E-state index contributed by atoms with van der Waals surface area (Å²) in [6, 6.07) is 10.7. The Hall–Kier alpha value is -1.94. The lowest BCUT2D eigenvalue weighted by molar-refractivity contribution is 0.631. The summed E-state index contributed by atoms with van der Waals surface area (Å²) in [5.41, 5.74) is 9.52. The molecule has 0 fully saturated rings. The van der Waals surface area contributed by atoms with Crippen LogP contribution < -0.4 is 11.1 Å². The molecule has 98 valence electrons. The summed E-state index contributed by atoms with van der Waals surface area (Å²) in [5, 5.41) is 3.06. The number of hydrogen-bond acceptors (Lipinski definition) is 2. The Labute approximate surface area is 117 Å². The smallest absolute Gasteiger partial charge is 0.147 e. The van der Waals surface area contributed by atoms with Crippen molar-refractivity contribution in [2.45, 2.75) is 13.8 Å². The molecule has 0 spiro atoms. The molecule has 0 heterocycles. The number of hydrogen-bond donors (Lipinski definition) is 2. The summed E-state index contributed by atoms with van der Waals surface area (Å²) in [6.07, 6.45) is 0. The fourth-order valence-electron chi connectivity index (χ4n) is 1.97. The van der Waals surface area contributed by atoms with Crippen LogP contribution in [0, 0.1) is 19.7 Å². The number of nitrogens with one attached hydrogen (secondary N) is 1. The molecular weight excluding hydrogens is 259 g/mol. The van der Waals surface area contributed by atoms with E-state index in [0.717, 1.165) is 16.8 Å². The van der Waals surface area contributed by atoms with Gasteiger partial charge in [0.1, 0.15) is 10.8 Å². The first kappa shape index (κ1) is 13.5. The Bertz CT molecular complexity index is 618. The summed E-state index contributed by atoms with van der Waals surface area (Å²) >= 11 is 4.82. The molecular formula is C15H15FN2S. The van der Waals surface area contributed by atoms with Crippen molar-refractivity contribution in [3.8, 4) is 0 Å². The van der Waals surface area contributed by atoms with Crippen molar-refractivity contribution in [3.05, 3.63) is 58.9 Å². The van der Waals surface area contributed by atoms with Crippen molar-refractivity contribution in [3.63, 3.8) is 0 Å². The standard InChI is InChI=1S/C15H15FN2S/c1-9-5-10(2)7-12(6-9)18-14-4-3-11(15(17)19)8-13(14)16/h3-8,18H,1-2H3,(H2,17,19). The van der Waals surface area contributed by atoms with E-state index in [-0.39, 0.29) is 10.8 Å². The first-order chi connectivity index (χ1) is 8.95. The van der Waals surface area contributed by atoms with Crippen LogP contribution in [0.25, 0.3) is 0 Å². The van der Waals surface area contributed by atoms with Gasteiger partial charge in [-0.1, -0.05) is 18.3 Å². The van der Waals surface area contributed by atoms with Gasteiger partial charge in [0.2, 0.25) is 0 Å². The van der Waals surface area contributed by atoms with E-state index in [9.17, 15) is 4.39 Å². The largest absolute Gasteiger partial charge is 0.389 e. The van der Waals surface area contributed by atoms with E-state index in [4.69, 9.17) is 18.0 Å². The van der Waals surface area contributed by atoms with Gasteiger partial charge in [0.25, 0.3) is 0 Å². The highest BCUT2D eigenvalue weighted by atomic mass is 32.1. The molecule has 0 aromatic heterocycles. The second-order valence-corrected chi connectivity index (χ2v) is 5.00. The number of aryl methyl sites for hydroxylation is 2. The van der Waals surface area contributed by atoms with Crippen LogP contribution >= 0.6 is 12.2 Å². The van der Waals surface area contributed by atoms with Crippen molar-refractivity contribution in [1.29, 1.82) is 0 Å². The molecule has 0 bridgehead atoms. The Morgan fingerprint density at radius 1 is 1.11 bits per heavy atom. The highest BCUT2D eigenvalue weighted by molar-refractivity contribution is 7.80. The van der Waals surface area contributed by atoms with Crippen LogP contribution in [0.5, 0.6) is 0 Å². The van der Waals surface area contributed by atoms with Gasteiger partial charge in [-0.05, 0) is 55.3 Å². The maximum absolute atomic E-state index is 13.9. The van der Waals surface area contributed by atoms with Crippen molar-refractivity contribution in [2.24, 2.45) is 5.73 Å². The predicted octanol–water partition coefficient (Wildman–Crippen LogP) is 3.82. The molecule has 19 heavy (non-hydrogen) atoms. The van der Waals surface area contributed by atoms with E-state index in [2.05, 4.69) is 11.4 Å². The highest BCUT2D eigenvalue weighted by Gasteiger charge is 2.06. The minimum atomic E-state index is -0.371. The maximum Gasteiger partial charge on any atom is 0.147 e. The molecule has 2 aromatic carbocycles. The van der Waals surface area contributed by atoms with E-state index in [1.54, 1.807) is 12.1 Å². The minimum Gasteiger partial charge on any atom is -0.389 e. The third kappa shape index (κ3) is 3.29. The first-order valence-electron chi connectivity index (χ1n) is 5.90. The Morgan fingerprint density at radius 2 is 1.74 bits per heavy atom. The van der Waals surface area contributed by atoms with Gasteiger partial charge in [0.05, 0.1) is 5.69 Å². The predicted molar refractivity (Wildman–Crippen MR) is 81.5 cm³/mol. The average Bonchev–Trinajstić information content (AvgIpc) is 2.30. The van der Waals surface area contributed by atoms with E-state index in [1.165, 1.54) is 6.07 Å². The zero-order valence-corrected chi connectivity index (χ0v) is 11.6. The zero-order chi connectivity index (χ0) is 14.0. The molecule has 0 unspecified atom stereocenters. The van der Waals surface area contributed by atoms with Crippen LogP contribution in [-0.2, 0) is 0 Å². The van der Waals surface area contributed by atoms with Gasteiger partial charge < -0.3 is 11.1 Å². The average molecular weight is 274 g/mol. The molecule has 0 aliphatic rings. The van der Waals surface area contributed by atoms with Gasteiger partial charge in [0.15, 0.2) is 0 Å². The molecule has 2 nitrogen and oxygen atoms in total. The fraction of sp³-hybridized carbons (Fsp3) is 0.133. The summed E-state index contributed by atoms with van der Waals surface area (Å²) in [6.45, 7) is 4.01. The molecule has 2 aromatic rings. The lowest BCUT2D eigenvalue weighted by Gasteiger charge is -2.10. The lowest BCUT2D eigenvalue weighted by Crippen LogP contribution is -2.09. The topological polar surface area (TPSA) is 38.0 Å². The van der Waals surface area contributed by atoms with Crippen LogP contribution in [-0.4, -0.2) is 4.99 Å². The van der Waals surface area contributed by atoms with Gasteiger partial charge in [-0.25, -0.2) is 4.39 Å². The Morgan fingerprint density at radius 3 is 2.26 bits per heavy atom. The summed E-state index contributed by atoms with van der Waals surface area (Å²) < 4.78 is 13.9. The van der Waals surface area contributed by atoms with Crippen LogP contribution in [0.2, 0.25) is 0 Å². The molecule has 4 heteroatoms. The number of anilines is 2. The van der Waals surface area contributed by atoms with Crippen LogP contribution in [0.4, 0.5) is 15.8 Å². The quantitative estimate of drug-likeness (QED) is 0.836. The zero-order valence-electron chi connectivity index (χ0n) is 10.8. The van der Waals surface area contributed by atoms with Gasteiger partial charge in [0, 0.05) is 11.3 Å². The third-order valence-corrected chi connectivity index (χ3v) is 2.99. The number of thiocarbonyl (C=S) groups is 1. The van der Waals surface area contributed by atoms with Gasteiger partial charge in [-0.15, -0.1) is 0 Å². The van der Waals surface area contributed by atoms with E-state index < -0.39 is 0 Å². The SMILES string of the molecule is Cc1cc(C)cc(Nc2ccc(C(N)=S)cc2F)c1. The monoisotopic (exact) mass is 274 g/mol. The molecule has 0 aliphatic heterocycles. The highest BCUT2D eigenvalue weighted by Crippen LogP contribution is 2.22. The Kier molecular flexibility index (Phi) is 3.81. The van der Waals surface area contributed by atoms with Crippen LogP contribution in [0.3, 0.4) is 0 Å². The fourth-order valence-corrected chi connectivity index (χ4v) is 2.10. The van der Waals surface area contributed by atoms with Crippen molar-refractivity contribution in [2.75, 3.05) is 5.32 Å². The van der Waals surface area contributed by atoms with Gasteiger partial charge in [-0.2, -0.15) is 0 Å². The molecule has 3 N–H and O–H groups in total. The number of rotatable bonds is 3. The normalized spacial score (nSPS) is 10.3. The van der Waals surface area contributed by atoms with Crippen molar-refractivity contribution in [1.82, 2.24) is 0 Å². The second-order valence-electron chi connectivity index (χ2n) is 4.56. The molecule has 0 amide bonds. The van der Waals surface area contributed by atoms with Crippen LogP contribution in [0.15, 0.2) is 36.4 Å². The molecule has 0 radical (unpaired) electrons. The van der Waals surface area contributed by atoms with Gasteiger partial charge >= 0.3 is 0 Å². The van der Waals surface area contributed by atoms with Crippen molar-refractivity contribution >= 4 is 28.6 Å². The van der Waals surface area contributed by atoms with E-state index in [0.29, 0.717) is 11.3 Å². The number of nitrogens with two attached hydrogens (primary N) is 1. The molecule has 2 rings (SSSR count). The van der Waals surface area contributed by atoms with E-state index >= 15 is 0 Å². The molecule has 0 atom stereocenters. The first-order valence-corrected chi connectivity index (χ1v) is 6.31.